The molecule has 0 bridgehead atoms. The molecule has 26 heavy (non-hydrogen) atoms. The van der Waals surface area contributed by atoms with Gasteiger partial charge in [-0.2, -0.15) is 5.10 Å². The van der Waals surface area contributed by atoms with Crippen molar-refractivity contribution in [1.29, 1.82) is 0 Å². The first-order chi connectivity index (χ1) is 12.7. The normalized spacial score (nSPS) is 12.2. The van der Waals surface area contributed by atoms with Crippen molar-refractivity contribution in [2.24, 2.45) is 0 Å². The Labute approximate surface area is 153 Å². The lowest BCUT2D eigenvalue weighted by Crippen LogP contribution is -2.28. The Kier molecular flexibility index (Phi) is 7.78. The van der Waals surface area contributed by atoms with Crippen LogP contribution in [0.25, 0.3) is 17.6 Å². The number of hydrogen-bond acceptors (Lipinski definition) is 5. The van der Waals surface area contributed by atoms with Gasteiger partial charge in [-0.1, -0.05) is 24.6 Å². The maximum atomic E-state index is 10.6. The molecule has 0 radical (unpaired) electrons. The van der Waals surface area contributed by atoms with Crippen molar-refractivity contribution in [3.05, 3.63) is 35.8 Å². The number of aromatic nitrogens is 4. The summed E-state index contributed by atoms with van der Waals surface area (Å²) in [5.41, 5.74) is 3.37. The second-order valence-electron chi connectivity index (χ2n) is 5.75. The van der Waals surface area contributed by atoms with Gasteiger partial charge in [0.15, 0.2) is 5.82 Å². The third-order valence-electron chi connectivity index (χ3n) is 4.06. The van der Waals surface area contributed by atoms with Gasteiger partial charge in [-0.15, -0.1) is 0 Å². The van der Waals surface area contributed by atoms with Crippen LogP contribution in [0.5, 0.6) is 0 Å². The second-order valence-corrected chi connectivity index (χ2v) is 5.75. The van der Waals surface area contributed by atoms with Crippen LogP contribution in [0.3, 0.4) is 0 Å². The van der Waals surface area contributed by atoms with E-state index in [1.54, 1.807) is 6.20 Å². The van der Waals surface area contributed by atoms with Crippen LogP contribution < -0.4 is 5.32 Å². The number of aromatic amines is 2. The zero-order chi connectivity index (χ0) is 18.8. The molecule has 0 aromatic carbocycles. The van der Waals surface area contributed by atoms with Crippen molar-refractivity contribution < 1.29 is 9.90 Å². The number of allylic oxidation sites excluding steroid dienone is 2. The first-order valence-electron chi connectivity index (χ1n) is 8.64. The van der Waals surface area contributed by atoms with E-state index >= 15 is 0 Å². The highest BCUT2D eigenvalue weighted by Gasteiger charge is 2.10. The molecule has 2 rings (SSSR count). The average Bonchev–Trinajstić information content (AvgIpc) is 3.29. The van der Waals surface area contributed by atoms with Gasteiger partial charge < -0.3 is 15.4 Å². The van der Waals surface area contributed by atoms with Crippen LogP contribution in [0.4, 0.5) is 5.69 Å². The number of rotatable bonds is 11. The number of aliphatic hydroxyl groups excluding tert-OH is 1. The predicted octanol–water partition coefficient (Wildman–Crippen LogP) is 2.03. The highest BCUT2D eigenvalue weighted by molar-refractivity contribution is 5.80. The second kappa shape index (κ2) is 10.3. The smallest absolute Gasteiger partial charge is 0.211 e. The molecule has 0 aliphatic carbocycles. The van der Waals surface area contributed by atoms with Crippen molar-refractivity contribution in [3.63, 3.8) is 0 Å². The molecule has 0 fully saturated rings. The Morgan fingerprint density at radius 3 is 2.96 bits per heavy atom. The van der Waals surface area contributed by atoms with Crippen molar-refractivity contribution in [1.82, 2.24) is 25.1 Å². The zero-order valence-electron chi connectivity index (χ0n) is 15.2. The third-order valence-corrected chi connectivity index (χ3v) is 4.06. The standard InChI is InChI=1S/C18H26N6O2/c1-3-14(12-24(4-2)8-9-25)6-5-7-15-10-19-18(22-15)17-16(20-13-26)11-21-23-17/h3,5,7,10-11,13,25H,4,6,8-9,12H2,1-2H3,(H,19,22)(H,20,26)(H,21,23)/b7-5-,14-3+. The molecule has 0 aliphatic heterocycles. The van der Waals surface area contributed by atoms with Gasteiger partial charge in [-0.25, -0.2) is 4.98 Å². The summed E-state index contributed by atoms with van der Waals surface area (Å²) < 4.78 is 0. The Morgan fingerprint density at radius 1 is 1.42 bits per heavy atom. The van der Waals surface area contributed by atoms with E-state index in [0.29, 0.717) is 30.2 Å². The van der Waals surface area contributed by atoms with Crippen molar-refractivity contribution in [3.8, 4) is 11.5 Å². The number of H-pyrrole nitrogens is 2. The molecule has 0 unspecified atom stereocenters. The Hall–Kier alpha value is -2.71. The van der Waals surface area contributed by atoms with Gasteiger partial charge in [0.1, 0.15) is 5.69 Å². The van der Waals surface area contributed by atoms with Crippen molar-refractivity contribution >= 4 is 18.2 Å². The molecule has 4 N–H and O–H groups in total. The Morgan fingerprint density at radius 2 is 2.27 bits per heavy atom. The number of carbonyl (C=O) groups excluding carboxylic acids is 1. The Bertz CT molecular complexity index is 746. The van der Waals surface area contributed by atoms with E-state index in [-0.39, 0.29) is 6.61 Å². The molecule has 0 spiro atoms. The number of imidazole rings is 1. The van der Waals surface area contributed by atoms with Crippen LogP contribution in [0, 0.1) is 0 Å². The fourth-order valence-corrected chi connectivity index (χ4v) is 2.58. The number of aliphatic hydroxyl groups is 1. The molecular formula is C18H26N6O2. The van der Waals surface area contributed by atoms with E-state index in [0.717, 1.165) is 25.2 Å². The number of nitrogens with zero attached hydrogens (tertiary/aromatic N) is 3. The number of hydrogen-bond donors (Lipinski definition) is 4. The fourth-order valence-electron chi connectivity index (χ4n) is 2.58. The molecule has 2 heterocycles. The quantitative estimate of drug-likeness (QED) is 0.363. The Balaban J connectivity index is 1.97. The maximum Gasteiger partial charge on any atom is 0.211 e. The summed E-state index contributed by atoms with van der Waals surface area (Å²) in [4.78, 5) is 20.3. The molecule has 0 saturated carbocycles. The highest BCUT2D eigenvalue weighted by Crippen LogP contribution is 2.22. The van der Waals surface area contributed by atoms with Crippen LogP contribution >= 0.6 is 0 Å². The topological polar surface area (TPSA) is 110 Å². The number of amides is 1. The number of nitrogens with one attached hydrogen (secondary N) is 3. The van der Waals surface area contributed by atoms with Gasteiger partial charge in [0.05, 0.1) is 30.4 Å². The van der Waals surface area contributed by atoms with Gasteiger partial charge in [-0.05, 0) is 26.0 Å². The lowest BCUT2D eigenvalue weighted by atomic mass is 10.1. The minimum Gasteiger partial charge on any atom is -0.395 e. The van der Waals surface area contributed by atoms with Crippen molar-refractivity contribution in [2.75, 3.05) is 31.6 Å². The summed E-state index contributed by atoms with van der Waals surface area (Å²) in [6, 6.07) is 0. The first-order valence-corrected chi connectivity index (χ1v) is 8.64. The van der Waals surface area contributed by atoms with Crippen LogP contribution in [0.15, 0.2) is 30.1 Å². The molecular weight excluding hydrogens is 332 g/mol. The molecule has 0 atom stereocenters. The number of anilines is 1. The first kappa shape index (κ1) is 19.6. The molecule has 1 amide bonds. The summed E-state index contributed by atoms with van der Waals surface area (Å²) in [7, 11) is 0. The lowest BCUT2D eigenvalue weighted by Gasteiger charge is -2.20. The molecule has 2 aromatic heterocycles. The average molecular weight is 358 g/mol. The van der Waals surface area contributed by atoms with Crippen LogP contribution in [-0.4, -0.2) is 62.8 Å². The van der Waals surface area contributed by atoms with E-state index in [9.17, 15) is 4.79 Å². The summed E-state index contributed by atoms with van der Waals surface area (Å²) in [5.74, 6) is 0.609. The monoisotopic (exact) mass is 358 g/mol. The minimum atomic E-state index is 0.173. The largest absolute Gasteiger partial charge is 0.395 e. The van der Waals surface area contributed by atoms with E-state index in [4.69, 9.17) is 5.11 Å². The molecule has 0 saturated heterocycles. The van der Waals surface area contributed by atoms with Crippen LogP contribution in [0.2, 0.25) is 0 Å². The van der Waals surface area contributed by atoms with Crippen molar-refractivity contribution in [2.45, 2.75) is 20.3 Å². The van der Waals surface area contributed by atoms with Crippen LogP contribution in [0.1, 0.15) is 26.0 Å². The number of carbonyl (C=O) groups is 1. The van der Waals surface area contributed by atoms with Gasteiger partial charge >= 0.3 is 0 Å². The van der Waals surface area contributed by atoms with Gasteiger partial charge in [0, 0.05) is 13.1 Å². The number of likely N-dealkylation sites (N-methyl/N-ethyl adjacent to an activating group) is 1. The summed E-state index contributed by atoms with van der Waals surface area (Å²) in [6.07, 6.45) is 10.9. The van der Waals surface area contributed by atoms with E-state index in [1.165, 1.54) is 11.8 Å². The maximum absolute atomic E-state index is 10.6. The van der Waals surface area contributed by atoms with E-state index in [1.807, 2.05) is 13.0 Å². The zero-order valence-corrected chi connectivity index (χ0v) is 15.2. The molecule has 8 heteroatoms. The van der Waals surface area contributed by atoms with Gasteiger partial charge in [-0.3, -0.25) is 14.8 Å². The molecule has 8 nitrogen and oxygen atoms in total. The van der Waals surface area contributed by atoms with E-state index < -0.39 is 0 Å². The van der Waals surface area contributed by atoms with Gasteiger partial charge in [0.25, 0.3) is 0 Å². The predicted molar refractivity (Wildman–Crippen MR) is 102 cm³/mol. The van der Waals surface area contributed by atoms with E-state index in [2.05, 4.69) is 49.5 Å². The minimum absolute atomic E-state index is 0.173. The lowest BCUT2D eigenvalue weighted by molar-refractivity contribution is -0.105. The molecule has 2 aromatic rings. The SMILES string of the molecule is C/C=C(\C/C=C\c1cnc(-c2[nH]ncc2NC=O)[nH]1)CN(CC)CCO. The highest BCUT2D eigenvalue weighted by atomic mass is 16.3. The third kappa shape index (κ3) is 5.40. The summed E-state index contributed by atoms with van der Waals surface area (Å²) >= 11 is 0. The molecule has 0 aliphatic rings. The molecule has 140 valence electrons. The summed E-state index contributed by atoms with van der Waals surface area (Å²) in [6.45, 7) is 6.74. The van der Waals surface area contributed by atoms with Gasteiger partial charge in [0.2, 0.25) is 6.41 Å². The van der Waals surface area contributed by atoms with Crippen LogP contribution in [-0.2, 0) is 4.79 Å². The summed E-state index contributed by atoms with van der Waals surface area (Å²) in [5, 5.41) is 18.4. The fraction of sp³-hybridized carbons (Fsp3) is 0.389.